The van der Waals surface area contributed by atoms with Crippen LogP contribution in [0.4, 0.5) is 5.69 Å². The Morgan fingerprint density at radius 2 is 1.85 bits per heavy atom. The summed E-state index contributed by atoms with van der Waals surface area (Å²) < 4.78 is 0. The summed E-state index contributed by atoms with van der Waals surface area (Å²) in [7, 11) is 0. The van der Waals surface area contributed by atoms with Gasteiger partial charge in [0.15, 0.2) is 0 Å². The molecule has 2 atom stereocenters. The zero-order chi connectivity index (χ0) is 16.8. The van der Waals surface area contributed by atoms with E-state index in [0.29, 0.717) is 0 Å². The second-order valence-corrected chi connectivity index (χ2v) is 8.24. The van der Waals surface area contributed by atoms with E-state index >= 15 is 0 Å². The van der Waals surface area contributed by atoms with Crippen molar-refractivity contribution in [2.45, 2.75) is 38.1 Å². The molecular weight excluding hydrogens is 389 g/mol. The lowest BCUT2D eigenvalue weighted by atomic mass is 9.85. The van der Waals surface area contributed by atoms with Gasteiger partial charge in [-0.05, 0) is 43.4 Å². The maximum atomic E-state index is 12.4. The topological polar surface area (TPSA) is 58.4 Å². The van der Waals surface area contributed by atoms with Crippen LogP contribution in [0.1, 0.15) is 31.2 Å². The number of amides is 1. The molecule has 26 heavy (non-hydrogen) atoms. The van der Waals surface area contributed by atoms with Crippen LogP contribution in [-0.4, -0.2) is 48.0 Å². The molecule has 4 nitrogen and oxygen atoms in total. The van der Waals surface area contributed by atoms with Crippen molar-refractivity contribution in [1.29, 1.82) is 0 Å². The fourth-order valence-corrected chi connectivity index (χ4v) is 4.56. The van der Waals surface area contributed by atoms with Crippen LogP contribution < -0.4 is 11.1 Å². The number of carbonyl (C=O) groups is 1. The number of carbonyl (C=O) groups excluding carboxylic acids is 1. The molecule has 1 aromatic rings. The van der Waals surface area contributed by atoms with Crippen molar-refractivity contribution in [2.75, 3.05) is 36.5 Å². The van der Waals surface area contributed by atoms with E-state index in [0.717, 1.165) is 44.3 Å². The van der Waals surface area contributed by atoms with E-state index in [9.17, 15) is 4.79 Å². The van der Waals surface area contributed by atoms with Gasteiger partial charge in [0, 0.05) is 48.8 Å². The predicted molar refractivity (Wildman–Crippen MR) is 117 cm³/mol. The maximum Gasteiger partial charge on any atom is 0.227 e. The molecule has 3 rings (SSSR count). The quantitative estimate of drug-likeness (QED) is 0.765. The molecule has 1 amide bonds. The summed E-state index contributed by atoms with van der Waals surface area (Å²) in [6.07, 6.45) is 4.97. The lowest BCUT2D eigenvalue weighted by molar-refractivity contribution is -0.120. The third-order valence-corrected chi connectivity index (χ3v) is 6.07. The number of halogens is 2. The molecule has 148 valence electrons. The standard InChI is InChI=1S/C19H29N3OS.2ClH/c20-17-3-1-2-16(14-17)19(23)21-18-6-4-15(5-7-18)8-9-22-10-12-24-13-11-22;;/h4-7,16-17H,1-3,8-14,20H2,(H,21,23);2*1H. The third kappa shape index (κ3) is 7.28. The Hall–Kier alpha value is -0.460. The first-order valence-corrected chi connectivity index (χ1v) is 10.3. The van der Waals surface area contributed by atoms with Crippen LogP contribution >= 0.6 is 36.6 Å². The molecule has 1 aromatic carbocycles. The lowest BCUT2D eigenvalue weighted by Crippen LogP contribution is -2.34. The number of hydrogen-bond donors (Lipinski definition) is 2. The summed E-state index contributed by atoms with van der Waals surface area (Å²) >= 11 is 2.05. The van der Waals surface area contributed by atoms with Crippen molar-refractivity contribution >= 4 is 48.2 Å². The van der Waals surface area contributed by atoms with Crippen LogP contribution in [-0.2, 0) is 11.2 Å². The van der Waals surface area contributed by atoms with Crippen molar-refractivity contribution in [2.24, 2.45) is 11.7 Å². The maximum absolute atomic E-state index is 12.4. The van der Waals surface area contributed by atoms with E-state index in [1.54, 1.807) is 0 Å². The minimum atomic E-state index is 0. The first kappa shape index (κ1) is 23.6. The van der Waals surface area contributed by atoms with Crippen molar-refractivity contribution in [3.63, 3.8) is 0 Å². The van der Waals surface area contributed by atoms with Gasteiger partial charge in [0.25, 0.3) is 0 Å². The molecule has 0 bridgehead atoms. The Bertz CT molecular complexity index is 538. The van der Waals surface area contributed by atoms with Gasteiger partial charge in [-0.25, -0.2) is 0 Å². The molecular formula is C19H31Cl2N3OS. The van der Waals surface area contributed by atoms with Crippen LogP contribution in [0.25, 0.3) is 0 Å². The zero-order valence-electron chi connectivity index (χ0n) is 15.2. The molecule has 2 fully saturated rings. The van der Waals surface area contributed by atoms with Crippen LogP contribution in [0, 0.1) is 5.92 Å². The molecule has 1 heterocycles. The highest BCUT2D eigenvalue weighted by Crippen LogP contribution is 2.24. The number of anilines is 1. The molecule has 2 aliphatic rings. The number of thioether (sulfide) groups is 1. The Morgan fingerprint density at radius 1 is 1.15 bits per heavy atom. The third-order valence-electron chi connectivity index (χ3n) is 5.13. The van der Waals surface area contributed by atoms with E-state index in [-0.39, 0.29) is 42.7 Å². The van der Waals surface area contributed by atoms with E-state index in [1.807, 2.05) is 23.9 Å². The van der Waals surface area contributed by atoms with Gasteiger partial charge in [-0.2, -0.15) is 11.8 Å². The number of nitrogens with zero attached hydrogens (tertiary/aromatic N) is 1. The fraction of sp³-hybridized carbons (Fsp3) is 0.632. The molecule has 1 aliphatic heterocycles. The number of nitrogens with two attached hydrogens (primary N) is 1. The average molecular weight is 420 g/mol. The highest BCUT2D eigenvalue weighted by molar-refractivity contribution is 7.99. The molecule has 3 N–H and O–H groups in total. The van der Waals surface area contributed by atoms with E-state index in [2.05, 4.69) is 22.3 Å². The monoisotopic (exact) mass is 419 g/mol. The Kier molecular flexibility index (Phi) is 11.0. The van der Waals surface area contributed by atoms with Crippen molar-refractivity contribution in [1.82, 2.24) is 4.90 Å². The zero-order valence-corrected chi connectivity index (χ0v) is 17.6. The van der Waals surface area contributed by atoms with Crippen molar-refractivity contribution < 1.29 is 4.79 Å². The minimum Gasteiger partial charge on any atom is -0.328 e. The molecule has 1 saturated heterocycles. The number of nitrogens with one attached hydrogen (secondary N) is 1. The molecule has 0 aromatic heterocycles. The van der Waals surface area contributed by atoms with Gasteiger partial charge >= 0.3 is 0 Å². The van der Waals surface area contributed by atoms with Crippen molar-refractivity contribution in [3.8, 4) is 0 Å². The number of hydrogen-bond acceptors (Lipinski definition) is 4. The summed E-state index contributed by atoms with van der Waals surface area (Å²) in [6.45, 7) is 3.55. The fourth-order valence-electron chi connectivity index (χ4n) is 3.58. The molecule has 7 heteroatoms. The summed E-state index contributed by atoms with van der Waals surface area (Å²) in [5, 5.41) is 3.06. The summed E-state index contributed by atoms with van der Waals surface area (Å²) in [5.41, 5.74) is 8.22. The number of rotatable bonds is 5. The highest BCUT2D eigenvalue weighted by atomic mass is 35.5. The van der Waals surface area contributed by atoms with E-state index < -0.39 is 0 Å². The molecule has 1 aliphatic carbocycles. The Labute approximate surface area is 173 Å². The Balaban J connectivity index is 0.00000169. The molecule has 1 saturated carbocycles. The summed E-state index contributed by atoms with van der Waals surface area (Å²) in [4.78, 5) is 14.9. The van der Waals surface area contributed by atoms with Crippen LogP contribution in [0.3, 0.4) is 0 Å². The van der Waals surface area contributed by atoms with Gasteiger partial charge in [-0.1, -0.05) is 18.6 Å². The van der Waals surface area contributed by atoms with Gasteiger partial charge in [0.05, 0.1) is 0 Å². The normalized spacial score (nSPS) is 23.4. The predicted octanol–water partition coefficient (Wildman–Crippen LogP) is 3.58. The molecule has 2 unspecified atom stereocenters. The largest absolute Gasteiger partial charge is 0.328 e. The van der Waals surface area contributed by atoms with Gasteiger partial charge in [0.2, 0.25) is 5.91 Å². The van der Waals surface area contributed by atoms with Crippen molar-refractivity contribution in [3.05, 3.63) is 29.8 Å². The summed E-state index contributed by atoms with van der Waals surface area (Å²) in [6, 6.07) is 8.52. The summed E-state index contributed by atoms with van der Waals surface area (Å²) in [5.74, 6) is 2.72. The average Bonchev–Trinajstić information content (AvgIpc) is 2.62. The van der Waals surface area contributed by atoms with Crippen LogP contribution in [0.15, 0.2) is 24.3 Å². The van der Waals surface area contributed by atoms with E-state index in [4.69, 9.17) is 5.73 Å². The first-order valence-electron chi connectivity index (χ1n) is 9.16. The van der Waals surface area contributed by atoms with E-state index in [1.165, 1.54) is 30.2 Å². The highest BCUT2D eigenvalue weighted by Gasteiger charge is 2.25. The SMILES string of the molecule is Cl.Cl.NC1CCCC(C(=O)Nc2ccc(CCN3CCSCC3)cc2)C1. The van der Waals surface area contributed by atoms with Crippen LogP contribution in [0.2, 0.25) is 0 Å². The second-order valence-electron chi connectivity index (χ2n) is 7.01. The first-order chi connectivity index (χ1) is 11.7. The molecule has 0 spiro atoms. The van der Waals surface area contributed by atoms with Crippen LogP contribution in [0.5, 0.6) is 0 Å². The van der Waals surface area contributed by atoms with Gasteiger partial charge in [0.1, 0.15) is 0 Å². The number of benzene rings is 1. The second kappa shape index (κ2) is 12.1. The molecule has 0 radical (unpaired) electrons. The minimum absolute atomic E-state index is 0. The lowest BCUT2D eigenvalue weighted by Gasteiger charge is -2.26. The Morgan fingerprint density at radius 3 is 2.50 bits per heavy atom. The smallest absolute Gasteiger partial charge is 0.227 e. The van der Waals surface area contributed by atoms with Gasteiger partial charge < -0.3 is 16.0 Å². The van der Waals surface area contributed by atoms with Gasteiger partial charge in [-0.15, -0.1) is 24.8 Å². The van der Waals surface area contributed by atoms with Gasteiger partial charge in [-0.3, -0.25) is 4.79 Å².